The quantitative estimate of drug-likeness (QED) is 0.809. The molecule has 0 aliphatic carbocycles. The van der Waals surface area contributed by atoms with Gasteiger partial charge in [-0.05, 0) is 37.1 Å². The van der Waals surface area contributed by atoms with E-state index in [0.717, 1.165) is 41.8 Å². The van der Waals surface area contributed by atoms with Gasteiger partial charge in [-0.15, -0.1) is 0 Å². The Balaban J connectivity index is 2.02. The number of rotatable bonds is 1. The third-order valence-electron chi connectivity index (χ3n) is 3.27. The van der Waals surface area contributed by atoms with Gasteiger partial charge < -0.3 is 4.90 Å². The van der Waals surface area contributed by atoms with Gasteiger partial charge in [0.15, 0.2) is 0 Å². The molecule has 86 valence electrons. The van der Waals surface area contributed by atoms with Gasteiger partial charge in [0.1, 0.15) is 5.84 Å². The Hall–Kier alpha value is -1.90. The second-order valence-electron chi connectivity index (χ2n) is 4.44. The van der Waals surface area contributed by atoms with Crippen molar-refractivity contribution in [3.8, 4) is 0 Å². The van der Waals surface area contributed by atoms with Gasteiger partial charge >= 0.3 is 0 Å². The number of amidine groups is 1. The average Bonchev–Trinajstić information content (AvgIpc) is 2.39. The van der Waals surface area contributed by atoms with E-state index in [1.807, 2.05) is 18.3 Å². The Morgan fingerprint density at radius 1 is 1.18 bits per heavy atom. The van der Waals surface area contributed by atoms with Crippen molar-refractivity contribution in [2.75, 3.05) is 11.4 Å². The normalized spacial score (nSPS) is 16.5. The second kappa shape index (κ2) is 4.17. The molecule has 0 saturated carbocycles. The minimum absolute atomic E-state index is 0.736. The zero-order chi connectivity index (χ0) is 11.7. The largest absolute Gasteiger partial charge is 0.330 e. The maximum atomic E-state index is 8.00. The fourth-order valence-electron chi connectivity index (χ4n) is 2.35. The molecule has 1 saturated heterocycles. The smallest absolute Gasteiger partial charge is 0.100 e. The van der Waals surface area contributed by atoms with Gasteiger partial charge in [0, 0.05) is 30.2 Å². The van der Waals surface area contributed by atoms with Crippen molar-refractivity contribution in [2.24, 2.45) is 0 Å². The summed E-state index contributed by atoms with van der Waals surface area (Å²) in [5.41, 5.74) is 2.13. The summed E-state index contributed by atoms with van der Waals surface area (Å²) in [5, 5.41) is 9.14. The van der Waals surface area contributed by atoms with Crippen LogP contribution in [-0.2, 0) is 0 Å². The molecule has 0 spiro atoms. The summed E-state index contributed by atoms with van der Waals surface area (Å²) >= 11 is 0. The van der Waals surface area contributed by atoms with E-state index < -0.39 is 0 Å². The minimum atomic E-state index is 0.736. The highest BCUT2D eigenvalue weighted by Crippen LogP contribution is 2.24. The average molecular weight is 225 g/mol. The van der Waals surface area contributed by atoms with E-state index >= 15 is 0 Å². The predicted molar refractivity (Wildman–Crippen MR) is 70.7 cm³/mol. The number of hydrogen-bond donors (Lipinski definition) is 1. The maximum absolute atomic E-state index is 8.00. The SMILES string of the molecule is N=C1CCCCN1c1ccc2ncccc2c1. The van der Waals surface area contributed by atoms with E-state index in [0.29, 0.717) is 0 Å². The van der Waals surface area contributed by atoms with Crippen LogP contribution in [0.15, 0.2) is 36.5 Å². The first-order valence-corrected chi connectivity index (χ1v) is 6.04. The van der Waals surface area contributed by atoms with Crippen molar-refractivity contribution in [1.82, 2.24) is 4.98 Å². The van der Waals surface area contributed by atoms with Crippen LogP contribution in [-0.4, -0.2) is 17.4 Å². The molecule has 0 amide bonds. The number of nitrogens with one attached hydrogen (secondary N) is 1. The fraction of sp³-hybridized carbons (Fsp3) is 0.286. The number of piperidine rings is 1. The van der Waals surface area contributed by atoms with E-state index in [-0.39, 0.29) is 0 Å². The number of nitrogens with zero attached hydrogens (tertiary/aromatic N) is 2. The summed E-state index contributed by atoms with van der Waals surface area (Å²) in [5.74, 6) is 0.736. The van der Waals surface area contributed by atoms with Crippen LogP contribution in [0, 0.1) is 5.41 Å². The van der Waals surface area contributed by atoms with Gasteiger partial charge in [0.25, 0.3) is 0 Å². The second-order valence-corrected chi connectivity index (χ2v) is 4.44. The molecule has 1 N–H and O–H groups in total. The van der Waals surface area contributed by atoms with Gasteiger partial charge in [0.2, 0.25) is 0 Å². The standard InChI is InChI=1S/C14H15N3/c15-14-5-1-2-9-17(14)12-6-7-13-11(10-12)4-3-8-16-13/h3-4,6-8,10,15H,1-2,5,9H2. The third-order valence-corrected chi connectivity index (χ3v) is 3.27. The first-order valence-electron chi connectivity index (χ1n) is 6.04. The van der Waals surface area contributed by atoms with Gasteiger partial charge in [0.05, 0.1) is 5.52 Å². The van der Waals surface area contributed by atoms with E-state index in [1.165, 1.54) is 6.42 Å². The van der Waals surface area contributed by atoms with Crippen LogP contribution in [0.25, 0.3) is 10.9 Å². The Morgan fingerprint density at radius 3 is 3.00 bits per heavy atom. The summed E-state index contributed by atoms with van der Waals surface area (Å²) in [6.07, 6.45) is 5.02. The van der Waals surface area contributed by atoms with Gasteiger partial charge in [-0.1, -0.05) is 6.07 Å². The van der Waals surface area contributed by atoms with Crippen molar-refractivity contribution < 1.29 is 0 Å². The van der Waals surface area contributed by atoms with Crippen molar-refractivity contribution in [3.05, 3.63) is 36.5 Å². The summed E-state index contributed by atoms with van der Waals surface area (Å²) in [6.45, 7) is 0.963. The monoisotopic (exact) mass is 225 g/mol. The molecule has 1 fully saturated rings. The first kappa shape index (κ1) is 10.3. The predicted octanol–water partition coefficient (Wildman–Crippen LogP) is 3.20. The van der Waals surface area contributed by atoms with E-state index in [9.17, 15) is 0 Å². The van der Waals surface area contributed by atoms with Crippen LogP contribution in [0.4, 0.5) is 5.69 Å². The molecule has 0 unspecified atom stereocenters. The van der Waals surface area contributed by atoms with Crippen LogP contribution in [0.2, 0.25) is 0 Å². The molecule has 0 atom stereocenters. The Bertz CT molecular complexity index is 562. The van der Waals surface area contributed by atoms with Crippen molar-refractivity contribution in [2.45, 2.75) is 19.3 Å². The molecule has 1 aromatic carbocycles. The maximum Gasteiger partial charge on any atom is 0.100 e. The van der Waals surface area contributed by atoms with Crippen LogP contribution >= 0.6 is 0 Å². The molecule has 1 aromatic heterocycles. The highest BCUT2D eigenvalue weighted by atomic mass is 15.2. The van der Waals surface area contributed by atoms with Crippen molar-refractivity contribution >= 4 is 22.4 Å². The highest BCUT2D eigenvalue weighted by molar-refractivity contribution is 5.98. The van der Waals surface area contributed by atoms with Crippen molar-refractivity contribution in [1.29, 1.82) is 5.41 Å². The molecule has 2 aromatic rings. The number of aromatic nitrogens is 1. The minimum Gasteiger partial charge on any atom is -0.330 e. The number of pyridine rings is 1. The zero-order valence-corrected chi connectivity index (χ0v) is 9.69. The van der Waals surface area contributed by atoms with Gasteiger partial charge in [-0.3, -0.25) is 10.4 Å². The Kier molecular flexibility index (Phi) is 2.52. The molecule has 0 bridgehead atoms. The molecule has 0 radical (unpaired) electrons. The number of fused-ring (bicyclic) bond motifs is 1. The van der Waals surface area contributed by atoms with Crippen LogP contribution in [0.1, 0.15) is 19.3 Å². The molecule has 1 aliphatic rings. The lowest BCUT2D eigenvalue weighted by molar-refractivity contribution is 0.708. The molecular weight excluding hydrogens is 210 g/mol. The van der Waals surface area contributed by atoms with Crippen molar-refractivity contribution in [3.63, 3.8) is 0 Å². The van der Waals surface area contributed by atoms with Crippen LogP contribution in [0.3, 0.4) is 0 Å². The molecule has 1 aliphatic heterocycles. The van der Waals surface area contributed by atoms with E-state index in [1.54, 1.807) is 0 Å². The van der Waals surface area contributed by atoms with Gasteiger partial charge in [-0.25, -0.2) is 0 Å². The summed E-state index contributed by atoms with van der Waals surface area (Å²) in [6, 6.07) is 10.2. The summed E-state index contributed by atoms with van der Waals surface area (Å²) in [4.78, 5) is 6.42. The Labute approximate surface area is 101 Å². The van der Waals surface area contributed by atoms with E-state index in [4.69, 9.17) is 5.41 Å². The molecule has 3 rings (SSSR count). The van der Waals surface area contributed by atoms with Crippen LogP contribution in [0.5, 0.6) is 0 Å². The third kappa shape index (κ3) is 1.88. The topological polar surface area (TPSA) is 40.0 Å². The van der Waals surface area contributed by atoms with Gasteiger partial charge in [-0.2, -0.15) is 0 Å². The lowest BCUT2D eigenvalue weighted by atomic mass is 10.1. The first-order chi connectivity index (χ1) is 8.34. The molecular formula is C14H15N3. The van der Waals surface area contributed by atoms with Crippen LogP contribution < -0.4 is 4.90 Å². The van der Waals surface area contributed by atoms with E-state index in [2.05, 4.69) is 28.1 Å². The molecule has 3 heteroatoms. The number of anilines is 1. The Morgan fingerprint density at radius 2 is 2.12 bits per heavy atom. The summed E-state index contributed by atoms with van der Waals surface area (Å²) in [7, 11) is 0. The lowest BCUT2D eigenvalue weighted by Gasteiger charge is -2.29. The fourth-order valence-corrected chi connectivity index (χ4v) is 2.35. The molecule has 17 heavy (non-hydrogen) atoms. The number of benzene rings is 1. The molecule has 3 nitrogen and oxygen atoms in total. The number of hydrogen-bond acceptors (Lipinski definition) is 2. The molecule has 2 heterocycles. The lowest BCUT2D eigenvalue weighted by Crippen LogP contribution is -2.34. The summed E-state index contributed by atoms with van der Waals surface area (Å²) < 4.78 is 0. The zero-order valence-electron chi connectivity index (χ0n) is 9.69. The highest BCUT2D eigenvalue weighted by Gasteiger charge is 2.16.